The molecule has 0 aliphatic rings. The third-order valence-corrected chi connectivity index (χ3v) is 3.09. The van der Waals surface area contributed by atoms with E-state index in [1.54, 1.807) is 5.57 Å². The predicted octanol–water partition coefficient (Wildman–Crippen LogP) is 8.27. The van der Waals surface area contributed by atoms with Crippen LogP contribution in [0.4, 0.5) is 0 Å². The van der Waals surface area contributed by atoms with Crippen molar-refractivity contribution in [1.82, 2.24) is 0 Å². The van der Waals surface area contributed by atoms with Gasteiger partial charge in [0.25, 0.3) is 0 Å². The van der Waals surface area contributed by atoms with Crippen LogP contribution in [0.1, 0.15) is 108 Å². The predicted molar refractivity (Wildman–Crippen MR) is 101 cm³/mol. The molecule has 0 aliphatic carbocycles. The molecule has 0 heteroatoms. The first-order valence-electron chi connectivity index (χ1n) is 9.22. The Hall–Kier alpha value is -0.260. The van der Waals surface area contributed by atoms with Gasteiger partial charge < -0.3 is 0 Å². The minimum absolute atomic E-state index is 0.745. The molecule has 0 spiro atoms. The van der Waals surface area contributed by atoms with Gasteiger partial charge in [-0.15, -0.1) is 0 Å². The molecule has 0 rings (SSSR count). The summed E-state index contributed by atoms with van der Waals surface area (Å²) in [5.41, 5.74) is 1.59. The summed E-state index contributed by atoms with van der Waals surface area (Å²) >= 11 is 0. The lowest BCUT2D eigenvalue weighted by atomic mass is 10.0. The maximum atomic E-state index is 2.34. The second kappa shape index (κ2) is 27.1. The van der Waals surface area contributed by atoms with Crippen LogP contribution < -0.4 is 0 Å². The lowest BCUT2D eigenvalue weighted by Gasteiger charge is -2.06. The van der Waals surface area contributed by atoms with Crippen molar-refractivity contribution in [2.24, 2.45) is 11.8 Å². The van der Waals surface area contributed by atoms with Crippen molar-refractivity contribution in [3.05, 3.63) is 11.6 Å². The van der Waals surface area contributed by atoms with Crippen molar-refractivity contribution in [3.8, 4) is 0 Å². The van der Waals surface area contributed by atoms with Gasteiger partial charge in [-0.2, -0.15) is 0 Å². The van der Waals surface area contributed by atoms with Crippen LogP contribution in [0.3, 0.4) is 0 Å². The van der Waals surface area contributed by atoms with E-state index in [4.69, 9.17) is 0 Å². The highest BCUT2D eigenvalue weighted by Gasteiger charge is 1.97. The van der Waals surface area contributed by atoms with Crippen molar-refractivity contribution < 1.29 is 0 Å². The van der Waals surface area contributed by atoms with Gasteiger partial charge in [0.05, 0.1) is 0 Å². The standard InChI is InChI=1S/C9H18.C7H16.2C2H6/c1-5-7-9(6-2)8(3)4;1-4-6-7(3)5-2;2*1-2/h7-8H,5-6H2,1-4H3;7H,4-6H2,1-3H3;2*1-2H3/b9-7+;;;. The maximum Gasteiger partial charge on any atom is -0.0260 e. The van der Waals surface area contributed by atoms with E-state index in [1.807, 2.05) is 27.7 Å². The Morgan fingerprint density at radius 1 is 0.850 bits per heavy atom. The Kier molecular flexibility index (Phi) is 38.0. The minimum Gasteiger partial charge on any atom is -0.0854 e. The molecule has 0 heterocycles. The fraction of sp³-hybridized carbons (Fsp3) is 0.900. The van der Waals surface area contributed by atoms with Crippen molar-refractivity contribution in [2.75, 3.05) is 0 Å². The van der Waals surface area contributed by atoms with Gasteiger partial charge in [-0.1, -0.05) is 107 Å². The molecule has 0 bridgehead atoms. The summed E-state index contributed by atoms with van der Waals surface area (Å²) in [6.45, 7) is 23.7. The molecule has 126 valence electrons. The zero-order chi connectivity index (χ0) is 17.0. The summed E-state index contributed by atoms with van der Waals surface area (Å²) in [5.74, 6) is 1.69. The van der Waals surface area contributed by atoms with E-state index in [0.29, 0.717) is 0 Å². The molecule has 1 unspecified atom stereocenters. The Morgan fingerprint density at radius 3 is 1.40 bits per heavy atom. The van der Waals surface area contributed by atoms with Gasteiger partial charge >= 0.3 is 0 Å². The van der Waals surface area contributed by atoms with E-state index < -0.39 is 0 Å². The molecular formula is C20H46. The molecule has 0 radical (unpaired) electrons. The largest absolute Gasteiger partial charge is 0.0854 e. The quantitative estimate of drug-likeness (QED) is 0.431. The van der Waals surface area contributed by atoms with Gasteiger partial charge in [-0.05, 0) is 24.7 Å². The highest BCUT2D eigenvalue weighted by atomic mass is 14.0. The van der Waals surface area contributed by atoms with Crippen LogP contribution in [-0.2, 0) is 0 Å². The molecule has 20 heavy (non-hydrogen) atoms. The Morgan fingerprint density at radius 2 is 1.30 bits per heavy atom. The second-order valence-electron chi connectivity index (χ2n) is 5.00. The first-order valence-corrected chi connectivity index (χ1v) is 9.22. The first kappa shape index (κ1) is 28.0. The molecule has 0 saturated carbocycles. The summed E-state index contributed by atoms with van der Waals surface area (Å²) in [6.07, 6.45) is 8.82. The van der Waals surface area contributed by atoms with E-state index in [-0.39, 0.29) is 0 Å². The summed E-state index contributed by atoms with van der Waals surface area (Å²) in [6, 6.07) is 0. The highest BCUT2D eigenvalue weighted by molar-refractivity contribution is 5.03. The Labute approximate surface area is 132 Å². The summed E-state index contributed by atoms with van der Waals surface area (Å²) in [4.78, 5) is 0. The Bertz CT molecular complexity index is 153. The molecule has 0 saturated heterocycles. The smallest absolute Gasteiger partial charge is 0.0260 e. The molecule has 1 atom stereocenters. The van der Waals surface area contributed by atoms with Crippen LogP contribution in [0, 0.1) is 11.8 Å². The fourth-order valence-corrected chi connectivity index (χ4v) is 1.75. The van der Waals surface area contributed by atoms with Crippen molar-refractivity contribution in [3.63, 3.8) is 0 Å². The van der Waals surface area contributed by atoms with E-state index >= 15 is 0 Å². The van der Waals surface area contributed by atoms with Gasteiger partial charge in [0.2, 0.25) is 0 Å². The normalized spacial score (nSPS) is 11.3. The summed E-state index contributed by atoms with van der Waals surface area (Å²) < 4.78 is 0. The molecule has 0 amide bonds. The Balaban J connectivity index is -0.000000104. The molecule has 0 aromatic rings. The van der Waals surface area contributed by atoms with E-state index in [9.17, 15) is 0 Å². The zero-order valence-electron chi connectivity index (χ0n) is 16.8. The third kappa shape index (κ3) is 26.3. The number of rotatable bonds is 6. The molecule has 0 fully saturated rings. The van der Waals surface area contributed by atoms with Crippen LogP contribution in [0.25, 0.3) is 0 Å². The summed E-state index contributed by atoms with van der Waals surface area (Å²) in [5, 5.41) is 0. The van der Waals surface area contributed by atoms with Crippen LogP contribution >= 0.6 is 0 Å². The lowest BCUT2D eigenvalue weighted by Crippen LogP contribution is -1.91. The van der Waals surface area contributed by atoms with Gasteiger partial charge in [0.1, 0.15) is 0 Å². The minimum atomic E-state index is 0.745. The monoisotopic (exact) mass is 286 g/mol. The molecule has 0 nitrogen and oxygen atoms in total. The maximum absolute atomic E-state index is 2.34. The van der Waals surface area contributed by atoms with Gasteiger partial charge in [-0.25, -0.2) is 0 Å². The first-order chi connectivity index (χ1) is 9.53. The average Bonchev–Trinajstić information content (AvgIpc) is 2.49. The molecule has 0 N–H and O–H groups in total. The number of hydrogen-bond acceptors (Lipinski definition) is 0. The zero-order valence-corrected chi connectivity index (χ0v) is 16.8. The van der Waals surface area contributed by atoms with Gasteiger partial charge in [0.15, 0.2) is 0 Å². The van der Waals surface area contributed by atoms with E-state index in [0.717, 1.165) is 11.8 Å². The second-order valence-corrected chi connectivity index (χ2v) is 5.00. The van der Waals surface area contributed by atoms with Crippen molar-refractivity contribution in [2.45, 2.75) is 108 Å². The molecular weight excluding hydrogens is 240 g/mol. The third-order valence-electron chi connectivity index (χ3n) is 3.09. The summed E-state index contributed by atoms with van der Waals surface area (Å²) in [7, 11) is 0. The highest BCUT2D eigenvalue weighted by Crippen LogP contribution is 2.13. The topological polar surface area (TPSA) is 0 Å². The van der Waals surface area contributed by atoms with Crippen LogP contribution in [0.5, 0.6) is 0 Å². The molecule has 0 aromatic carbocycles. The SMILES string of the molecule is CC.CC.CC/C=C(\CC)C(C)C.CCCC(C)CC. The number of allylic oxidation sites excluding steroid dienone is 2. The van der Waals surface area contributed by atoms with Gasteiger partial charge in [0, 0.05) is 0 Å². The number of hydrogen-bond donors (Lipinski definition) is 0. The van der Waals surface area contributed by atoms with Gasteiger partial charge in [-0.3, -0.25) is 0 Å². The van der Waals surface area contributed by atoms with E-state index in [2.05, 4.69) is 54.5 Å². The fourth-order valence-electron chi connectivity index (χ4n) is 1.75. The lowest BCUT2D eigenvalue weighted by molar-refractivity contribution is 0.509. The average molecular weight is 287 g/mol. The van der Waals surface area contributed by atoms with Crippen molar-refractivity contribution >= 4 is 0 Å². The molecule has 0 aromatic heterocycles. The van der Waals surface area contributed by atoms with Crippen LogP contribution in [-0.4, -0.2) is 0 Å². The van der Waals surface area contributed by atoms with Crippen LogP contribution in [0.2, 0.25) is 0 Å². The van der Waals surface area contributed by atoms with Crippen molar-refractivity contribution in [1.29, 1.82) is 0 Å². The van der Waals surface area contributed by atoms with Crippen LogP contribution in [0.15, 0.2) is 11.6 Å². The van der Waals surface area contributed by atoms with E-state index in [1.165, 1.54) is 32.1 Å². The molecule has 0 aliphatic heterocycles.